The molecule has 100 valence electrons. The molecule has 1 aliphatic rings. The highest BCUT2D eigenvalue weighted by atomic mass is 127. The molecule has 0 N–H and O–H groups in total. The fourth-order valence-corrected chi connectivity index (χ4v) is 2.85. The van der Waals surface area contributed by atoms with Crippen molar-refractivity contribution < 1.29 is 17.9 Å². The van der Waals surface area contributed by atoms with Gasteiger partial charge in [-0.2, -0.15) is 13.2 Å². The molecule has 1 aliphatic heterocycles. The van der Waals surface area contributed by atoms with Crippen molar-refractivity contribution >= 4 is 22.6 Å². The normalized spacial score (nSPS) is 25.1. The topological polar surface area (TPSA) is 9.23 Å². The van der Waals surface area contributed by atoms with E-state index in [4.69, 9.17) is 4.74 Å². The largest absolute Gasteiger partial charge is 0.416 e. The van der Waals surface area contributed by atoms with Crippen LogP contribution in [0, 0.1) is 0 Å². The quantitative estimate of drug-likeness (QED) is 0.554. The first-order chi connectivity index (χ1) is 8.50. The van der Waals surface area contributed by atoms with Crippen LogP contribution in [0.5, 0.6) is 0 Å². The predicted octanol–water partition coefficient (Wildman–Crippen LogP) is 4.40. The molecule has 1 fully saturated rings. The molecule has 0 bridgehead atoms. The van der Waals surface area contributed by atoms with Crippen LogP contribution in [0.1, 0.15) is 29.9 Å². The number of halogens is 4. The predicted molar refractivity (Wildman–Crippen MR) is 72.0 cm³/mol. The number of hydrogen-bond donors (Lipinski definition) is 0. The number of rotatable bonds is 2. The molecule has 0 amide bonds. The summed E-state index contributed by atoms with van der Waals surface area (Å²) in [5.41, 5.74) is 0.160. The van der Waals surface area contributed by atoms with Crippen molar-refractivity contribution in [2.24, 2.45) is 0 Å². The molecule has 2 rings (SSSR count). The van der Waals surface area contributed by atoms with Crippen molar-refractivity contribution in [3.05, 3.63) is 35.4 Å². The van der Waals surface area contributed by atoms with E-state index in [2.05, 4.69) is 22.6 Å². The lowest BCUT2D eigenvalue weighted by atomic mass is 9.91. The van der Waals surface area contributed by atoms with Crippen molar-refractivity contribution in [2.75, 3.05) is 11.0 Å². The van der Waals surface area contributed by atoms with E-state index in [0.717, 1.165) is 28.9 Å². The van der Waals surface area contributed by atoms with Gasteiger partial charge in [0.2, 0.25) is 0 Å². The summed E-state index contributed by atoms with van der Waals surface area (Å²) in [6.07, 6.45) is -2.19. The monoisotopic (exact) mass is 370 g/mol. The van der Waals surface area contributed by atoms with Gasteiger partial charge in [-0.3, -0.25) is 0 Å². The molecule has 0 saturated carbocycles. The van der Waals surface area contributed by atoms with Gasteiger partial charge in [0.15, 0.2) is 0 Å². The number of alkyl halides is 4. The fraction of sp³-hybridized carbons (Fsp3) is 0.538. The van der Waals surface area contributed by atoms with Crippen molar-refractivity contribution in [2.45, 2.75) is 31.0 Å². The summed E-state index contributed by atoms with van der Waals surface area (Å²) in [6, 6.07) is 5.59. The van der Waals surface area contributed by atoms with E-state index in [1.807, 2.05) is 0 Å². The Labute approximate surface area is 118 Å². The van der Waals surface area contributed by atoms with Crippen molar-refractivity contribution in [1.29, 1.82) is 0 Å². The van der Waals surface area contributed by atoms with Gasteiger partial charge in [-0.05, 0) is 24.5 Å². The molecule has 1 heterocycles. The lowest BCUT2D eigenvalue weighted by Gasteiger charge is -2.28. The van der Waals surface area contributed by atoms with Crippen LogP contribution < -0.4 is 0 Å². The van der Waals surface area contributed by atoms with E-state index in [1.54, 1.807) is 6.07 Å². The fourth-order valence-electron chi connectivity index (χ4n) is 2.16. The smallest absolute Gasteiger partial charge is 0.377 e. The molecule has 0 radical (unpaired) electrons. The average molecular weight is 370 g/mol. The third-order valence-electron chi connectivity index (χ3n) is 3.23. The third kappa shape index (κ3) is 3.38. The lowest BCUT2D eigenvalue weighted by molar-refractivity contribution is -0.137. The summed E-state index contributed by atoms with van der Waals surface area (Å²) in [6.45, 7) is 0.523. The van der Waals surface area contributed by atoms with Crippen LogP contribution >= 0.6 is 22.6 Å². The Bertz CT molecular complexity index is 397. The Kier molecular flexibility index (Phi) is 4.53. The van der Waals surface area contributed by atoms with Gasteiger partial charge < -0.3 is 4.74 Å². The zero-order valence-electron chi connectivity index (χ0n) is 9.71. The van der Waals surface area contributed by atoms with E-state index < -0.39 is 11.7 Å². The Morgan fingerprint density at radius 2 is 2.06 bits per heavy atom. The Morgan fingerprint density at radius 3 is 2.61 bits per heavy atom. The molecular formula is C13H14F3IO. The summed E-state index contributed by atoms with van der Waals surface area (Å²) < 4.78 is 44.4. The highest BCUT2D eigenvalue weighted by Crippen LogP contribution is 2.34. The van der Waals surface area contributed by atoms with Gasteiger partial charge in [0, 0.05) is 10.3 Å². The number of ether oxygens (including phenoxy) is 1. The van der Waals surface area contributed by atoms with Crippen LogP contribution in [0.25, 0.3) is 0 Å². The van der Waals surface area contributed by atoms with Crippen LogP contribution in [0.15, 0.2) is 24.3 Å². The van der Waals surface area contributed by atoms with E-state index >= 15 is 0 Å². The Balaban J connectivity index is 2.10. The van der Waals surface area contributed by atoms with Crippen LogP contribution in [0.3, 0.4) is 0 Å². The van der Waals surface area contributed by atoms with Crippen LogP contribution in [0.2, 0.25) is 0 Å². The molecule has 0 aliphatic carbocycles. The van der Waals surface area contributed by atoms with Crippen molar-refractivity contribution in [1.82, 2.24) is 0 Å². The second kappa shape index (κ2) is 5.77. The van der Waals surface area contributed by atoms with E-state index in [1.165, 1.54) is 12.1 Å². The molecule has 0 spiro atoms. The lowest BCUT2D eigenvalue weighted by Crippen LogP contribution is -2.25. The Hall–Kier alpha value is -0.300. The summed E-state index contributed by atoms with van der Waals surface area (Å²) in [5.74, 6) is 0.0894. The highest BCUT2D eigenvalue weighted by molar-refractivity contribution is 14.1. The molecular weight excluding hydrogens is 356 g/mol. The molecule has 18 heavy (non-hydrogen) atoms. The molecule has 1 nitrogen and oxygen atoms in total. The summed E-state index contributed by atoms with van der Waals surface area (Å²) >= 11 is 2.27. The molecule has 0 unspecified atom stereocenters. The van der Waals surface area contributed by atoms with E-state index in [-0.39, 0.29) is 12.0 Å². The minimum Gasteiger partial charge on any atom is -0.377 e. The number of hydrogen-bond acceptors (Lipinski definition) is 1. The Morgan fingerprint density at radius 1 is 1.28 bits per heavy atom. The first-order valence-corrected chi connectivity index (χ1v) is 7.38. The van der Waals surface area contributed by atoms with Crippen molar-refractivity contribution in [3.63, 3.8) is 0 Å². The van der Waals surface area contributed by atoms with Gasteiger partial charge in [0.25, 0.3) is 0 Å². The molecule has 1 aromatic carbocycles. The first kappa shape index (κ1) is 14.1. The van der Waals surface area contributed by atoms with Gasteiger partial charge in [0.1, 0.15) is 0 Å². The highest BCUT2D eigenvalue weighted by Gasteiger charge is 2.31. The van der Waals surface area contributed by atoms with Gasteiger partial charge >= 0.3 is 6.18 Å². The number of benzene rings is 1. The maximum absolute atomic E-state index is 12.6. The second-order valence-corrected chi connectivity index (χ2v) is 5.39. The zero-order valence-corrected chi connectivity index (χ0v) is 11.9. The van der Waals surface area contributed by atoms with Gasteiger partial charge in [0.05, 0.1) is 18.3 Å². The summed E-state index contributed by atoms with van der Waals surface area (Å²) in [4.78, 5) is 0. The first-order valence-electron chi connectivity index (χ1n) is 5.85. The average Bonchev–Trinajstić information content (AvgIpc) is 2.38. The standard InChI is InChI=1S/C13H14F3IO/c14-13(15,16)11-3-1-2-9(6-11)10-4-5-12(7-17)18-8-10/h1-3,6,10,12H,4-5,7-8H2/t10-,12-/m0/s1. The molecule has 0 aromatic heterocycles. The summed E-state index contributed by atoms with van der Waals surface area (Å²) in [7, 11) is 0. The van der Waals surface area contributed by atoms with Gasteiger partial charge in [-0.25, -0.2) is 0 Å². The summed E-state index contributed by atoms with van der Waals surface area (Å²) in [5, 5.41) is 0. The van der Waals surface area contributed by atoms with Crippen LogP contribution in [-0.2, 0) is 10.9 Å². The maximum Gasteiger partial charge on any atom is 0.416 e. The van der Waals surface area contributed by atoms with Crippen LogP contribution in [-0.4, -0.2) is 17.1 Å². The molecule has 5 heteroatoms. The van der Waals surface area contributed by atoms with E-state index in [0.29, 0.717) is 6.61 Å². The minimum atomic E-state index is -4.27. The molecule has 1 aromatic rings. The van der Waals surface area contributed by atoms with Gasteiger partial charge in [-0.15, -0.1) is 0 Å². The van der Waals surface area contributed by atoms with Crippen LogP contribution in [0.4, 0.5) is 13.2 Å². The van der Waals surface area contributed by atoms with Crippen molar-refractivity contribution in [3.8, 4) is 0 Å². The molecule has 1 saturated heterocycles. The third-order valence-corrected chi connectivity index (χ3v) is 4.21. The SMILES string of the molecule is FC(F)(F)c1cccc([C@H]2CC[C@@H](CI)OC2)c1. The maximum atomic E-state index is 12.6. The second-order valence-electron chi connectivity index (χ2n) is 4.51. The van der Waals surface area contributed by atoms with Gasteiger partial charge in [-0.1, -0.05) is 40.8 Å². The molecule has 2 atom stereocenters. The van der Waals surface area contributed by atoms with E-state index in [9.17, 15) is 13.2 Å². The zero-order chi connectivity index (χ0) is 13.2. The minimum absolute atomic E-state index is 0.0894.